The zero-order valence-corrected chi connectivity index (χ0v) is 10.5. The number of likely N-dealkylation sites (N-methyl/N-ethyl adjacent to an activating group) is 1. The highest BCUT2D eigenvalue weighted by molar-refractivity contribution is 6.30. The van der Waals surface area contributed by atoms with Gasteiger partial charge in [-0.3, -0.25) is 5.32 Å². The minimum absolute atomic E-state index is 0.323. The van der Waals surface area contributed by atoms with Gasteiger partial charge in [0.1, 0.15) is 5.54 Å². The van der Waals surface area contributed by atoms with Crippen molar-refractivity contribution in [2.24, 2.45) is 0 Å². The maximum atomic E-state index is 11.8. The maximum absolute atomic E-state index is 11.8. The predicted octanol–water partition coefficient (Wildman–Crippen LogP) is 2.34. The van der Waals surface area contributed by atoms with Crippen LogP contribution in [0.2, 0.25) is 5.02 Å². The number of esters is 1. The van der Waals surface area contributed by atoms with Gasteiger partial charge in [-0.15, -0.1) is 0 Å². The number of methoxy groups -OCH3 is 1. The molecule has 0 amide bonds. The van der Waals surface area contributed by atoms with Crippen molar-refractivity contribution in [2.75, 3.05) is 13.7 Å². The lowest BCUT2D eigenvalue weighted by atomic mass is 9.92. The third-order valence-corrected chi connectivity index (χ3v) is 2.76. The zero-order chi connectivity index (χ0) is 12.2. The summed E-state index contributed by atoms with van der Waals surface area (Å²) in [5.41, 5.74) is -0.0531. The van der Waals surface area contributed by atoms with E-state index in [2.05, 4.69) is 5.32 Å². The van der Waals surface area contributed by atoms with Crippen LogP contribution in [0.3, 0.4) is 0 Å². The molecule has 0 bridgehead atoms. The number of nitrogens with one attached hydrogen (secondary N) is 1. The first kappa shape index (κ1) is 13.0. The molecule has 1 atom stereocenters. The van der Waals surface area contributed by atoms with E-state index < -0.39 is 5.54 Å². The van der Waals surface area contributed by atoms with Crippen LogP contribution in [0.25, 0.3) is 0 Å². The number of rotatable bonds is 4. The molecular weight excluding hydrogens is 226 g/mol. The summed E-state index contributed by atoms with van der Waals surface area (Å²) >= 11 is 5.92. The highest BCUT2D eigenvalue weighted by Gasteiger charge is 2.35. The van der Waals surface area contributed by atoms with Gasteiger partial charge in [0.05, 0.1) is 7.11 Å². The average Bonchev–Trinajstić information content (AvgIpc) is 2.28. The second-order valence-corrected chi connectivity index (χ2v) is 4.09. The van der Waals surface area contributed by atoms with Crippen LogP contribution in [0.15, 0.2) is 24.3 Å². The molecule has 3 nitrogen and oxygen atoms in total. The van der Waals surface area contributed by atoms with Crippen molar-refractivity contribution in [3.8, 4) is 0 Å². The summed E-state index contributed by atoms with van der Waals surface area (Å²) in [5, 5.41) is 3.72. The average molecular weight is 242 g/mol. The van der Waals surface area contributed by atoms with Crippen molar-refractivity contribution >= 4 is 17.6 Å². The fourth-order valence-electron chi connectivity index (χ4n) is 1.65. The molecule has 1 aromatic rings. The quantitative estimate of drug-likeness (QED) is 0.823. The molecule has 0 aliphatic carbocycles. The number of halogens is 1. The Labute approximate surface area is 101 Å². The molecule has 0 spiro atoms. The van der Waals surface area contributed by atoms with Crippen LogP contribution in [0.1, 0.15) is 19.4 Å². The topological polar surface area (TPSA) is 38.3 Å². The third-order valence-electron chi connectivity index (χ3n) is 2.53. The van der Waals surface area contributed by atoms with Crippen molar-refractivity contribution < 1.29 is 9.53 Å². The van der Waals surface area contributed by atoms with Crippen molar-refractivity contribution in [3.63, 3.8) is 0 Å². The molecule has 0 saturated carbocycles. The Bertz CT molecular complexity index is 381. The summed E-state index contributed by atoms with van der Waals surface area (Å²) in [6, 6.07) is 7.21. The van der Waals surface area contributed by atoms with E-state index in [0.29, 0.717) is 11.6 Å². The molecule has 0 aromatic heterocycles. The lowest BCUT2D eigenvalue weighted by Gasteiger charge is -2.28. The minimum atomic E-state index is -0.853. The van der Waals surface area contributed by atoms with Gasteiger partial charge in [-0.1, -0.05) is 30.7 Å². The van der Waals surface area contributed by atoms with Gasteiger partial charge in [0.2, 0.25) is 0 Å². The van der Waals surface area contributed by atoms with Crippen LogP contribution in [0, 0.1) is 0 Å². The molecule has 1 aromatic carbocycles. The normalized spacial score (nSPS) is 14.2. The van der Waals surface area contributed by atoms with E-state index in [-0.39, 0.29) is 5.97 Å². The first-order chi connectivity index (χ1) is 7.54. The summed E-state index contributed by atoms with van der Waals surface area (Å²) in [5.74, 6) is -0.323. The Hall–Kier alpha value is -1.06. The molecule has 0 radical (unpaired) electrons. The number of ether oxygens (including phenoxy) is 1. The van der Waals surface area contributed by atoms with E-state index in [1.54, 1.807) is 19.1 Å². The molecule has 0 fully saturated rings. The van der Waals surface area contributed by atoms with Crippen molar-refractivity contribution in [1.29, 1.82) is 0 Å². The first-order valence-electron chi connectivity index (χ1n) is 5.14. The summed E-state index contributed by atoms with van der Waals surface area (Å²) < 4.78 is 4.82. The van der Waals surface area contributed by atoms with Gasteiger partial charge >= 0.3 is 5.97 Å². The smallest absolute Gasteiger partial charge is 0.330 e. The van der Waals surface area contributed by atoms with E-state index in [4.69, 9.17) is 16.3 Å². The summed E-state index contributed by atoms with van der Waals surface area (Å²) in [4.78, 5) is 11.8. The standard InChI is InChI=1S/C12H16ClNO2/c1-4-14-12(2,11(15)16-3)9-6-5-7-10(13)8-9/h5-8,14H,4H2,1-3H3. The number of hydrogen-bond acceptors (Lipinski definition) is 3. The van der Waals surface area contributed by atoms with Gasteiger partial charge in [0, 0.05) is 5.02 Å². The van der Waals surface area contributed by atoms with Gasteiger partial charge in [0.15, 0.2) is 0 Å². The molecule has 1 unspecified atom stereocenters. The van der Waals surface area contributed by atoms with Crippen molar-refractivity contribution in [3.05, 3.63) is 34.9 Å². The Balaban J connectivity index is 3.15. The van der Waals surface area contributed by atoms with Gasteiger partial charge in [0.25, 0.3) is 0 Å². The van der Waals surface area contributed by atoms with Crippen LogP contribution in [-0.2, 0) is 15.1 Å². The molecule has 1 N–H and O–H groups in total. The second-order valence-electron chi connectivity index (χ2n) is 3.66. The lowest BCUT2D eigenvalue weighted by Crippen LogP contribution is -2.47. The summed E-state index contributed by atoms with van der Waals surface area (Å²) in [6.45, 7) is 4.39. The maximum Gasteiger partial charge on any atom is 0.330 e. The van der Waals surface area contributed by atoms with Gasteiger partial charge in [-0.2, -0.15) is 0 Å². The number of benzene rings is 1. The Morgan fingerprint density at radius 2 is 2.25 bits per heavy atom. The van der Waals surface area contributed by atoms with Crippen LogP contribution in [0.5, 0.6) is 0 Å². The molecule has 4 heteroatoms. The highest BCUT2D eigenvalue weighted by atomic mass is 35.5. The molecule has 1 rings (SSSR count). The van der Waals surface area contributed by atoms with Crippen LogP contribution in [0.4, 0.5) is 0 Å². The summed E-state index contributed by atoms with van der Waals surface area (Å²) in [7, 11) is 1.38. The molecular formula is C12H16ClNO2. The lowest BCUT2D eigenvalue weighted by molar-refractivity contribution is -0.148. The first-order valence-corrected chi connectivity index (χ1v) is 5.52. The Morgan fingerprint density at radius 3 is 2.75 bits per heavy atom. The largest absolute Gasteiger partial charge is 0.467 e. The zero-order valence-electron chi connectivity index (χ0n) is 9.71. The molecule has 0 aliphatic heterocycles. The Kier molecular flexibility index (Phi) is 4.33. The van der Waals surface area contributed by atoms with Gasteiger partial charge in [-0.05, 0) is 31.2 Å². The van der Waals surface area contributed by atoms with E-state index in [1.165, 1.54) is 7.11 Å². The molecule has 88 valence electrons. The van der Waals surface area contributed by atoms with Crippen molar-refractivity contribution in [1.82, 2.24) is 5.32 Å². The third kappa shape index (κ3) is 2.54. The predicted molar refractivity (Wildman–Crippen MR) is 64.5 cm³/mol. The Morgan fingerprint density at radius 1 is 1.56 bits per heavy atom. The molecule has 0 aliphatic rings. The van der Waals surface area contributed by atoms with Gasteiger partial charge < -0.3 is 4.74 Å². The van der Waals surface area contributed by atoms with E-state index in [0.717, 1.165) is 5.56 Å². The monoisotopic (exact) mass is 241 g/mol. The molecule has 0 saturated heterocycles. The van der Waals surface area contributed by atoms with Crippen LogP contribution in [-0.4, -0.2) is 19.6 Å². The van der Waals surface area contributed by atoms with E-state index in [1.807, 2.05) is 19.1 Å². The van der Waals surface area contributed by atoms with E-state index >= 15 is 0 Å². The van der Waals surface area contributed by atoms with Crippen molar-refractivity contribution in [2.45, 2.75) is 19.4 Å². The minimum Gasteiger partial charge on any atom is -0.467 e. The molecule has 0 heterocycles. The fraction of sp³-hybridized carbons (Fsp3) is 0.417. The SMILES string of the molecule is CCNC(C)(C(=O)OC)c1cccc(Cl)c1. The van der Waals surface area contributed by atoms with E-state index in [9.17, 15) is 4.79 Å². The van der Waals surface area contributed by atoms with Crippen LogP contribution < -0.4 is 5.32 Å². The number of carbonyl (C=O) groups excluding carboxylic acids is 1. The second kappa shape index (κ2) is 5.32. The molecule has 16 heavy (non-hydrogen) atoms. The highest BCUT2D eigenvalue weighted by Crippen LogP contribution is 2.24. The number of hydrogen-bond donors (Lipinski definition) is 1. The number of carbonyl (C=O) groups is 1. The summed E-state index contributed by atoms with van der Waals surface area (Å²) in [6.07, 6.45) is 0. The van der Waals surface area contributed by atoms with Gasteiger partial charge in [-0.25, -0.2) is 4.79 Å². The van der Waals surface area contributed by atoms with Crippen LogP contribution >= 0.6 is 11.6 Å². The fourth-order valence-corrected chi connectivity index (χ4v) is 1.84.